The Morgan fingerprint density at radius 3 is 1.93 bits per heavy atom. The number of para-hydroxylation sites is 2. The largest absolute Gasteiger partial charge is 0.493 e. The number of nitrogens with one attached hydrogen (secondary N) is 1. The van der Waals surface area contributed by atoms with Crippen LogP contribution in [0, 0.1) is 5.92 Å². The predicted octanol–water partition coefficient (Wildman–Crippen LogP) is 6.22. The van der Waals surface area contributed by atoms with Gasteiger partial charge in [0.25, 0.3) is 0 Å². The molecular weight excluding hydrogens is 584 g/mol. The highest BCUT2D eigenvalue weighted by Crippen LogP contribution is 2.26. The molecule has 0 saturated carbocycles. The molecule has 4 aromatic carbocycles. The van der Waals surface area contributed by atoms with Gasteiger partial charge >= 0.3 is 18.0 Å². The van der Waals surface area contributed by atoms with Gasteiger partial charge in [-0.2, -0.15) is 0 Å². The van der Waals surface area contributed by atoms with E-state index in [1.54, 1.807) is 24.3 Å². The first kappa shape index (κ1) is 33.7. The molecule has 0 aliphatic carbocycles. The Kier molecular flexibility index (Phi) is 12.3. The molecule has 0 spiro atoms. The molecule has 0 aliphatic rings. The van der Waals surface area contributed by atoms with Gasteiger partial charge in [0.2, 0.25) is 0 Å². The number of nitrogens with zero attached hydrogens (tertiary/aromatic N) is 1. The van der Waals surface area contributed by atoms with Crippen molar-refractivity contribution in [2.24, 2.45) is 5.92 Å². The summed E-state index contributed by atoms with van der Waals surface area (Å²) in [6, 6.07) is 31.7. The van der Waals surface area contributed by atoms with Gasteiger partial charge in [-0.15, -0.1) is 0 Å². The topological polar surface area (TPSA) is 114 Å². The number of carbonyl (C=O) groups is 3. The van der Waals surface area contributed by atoms with E-state index in [4.69, 9.17) is 14.2 Å². The zero-order valence-electron chi connectivity index (χ0n) is 26.3. The standard InChI is InChI=1S/C37H40N2O7/c1-26(2)23-39(37(43)38-31(35(40)41)22-27-18-20-30(21-19-27)29-14-8-5-9-15-29)24-34(45-25-28-12-6-4-7-13-28)36(42)46-33-17-11-10-16-32(33)44-3/h4-21,26,31,34H,22-25H2,1-3H3,(H,38,43)(H,40,41)/t31-,34?/m0/s1. The van der Waals surface area contributed by atoms with Gasteiger partial charge in [-0.1, -0.05) is 111 Å². The number of hydrogen-bond acceptors (Lipinski definition) is 6. The zero-order chi connectivity index (χ0) is 32.9. The summed E-state index contributed by atoms with van der Waals surface area (Å²) in [6.45, 7) is 4.03. The van der Waals surface area contributed by atoms with E-state index in [1.165, 1.54) is 12.0 Å². The summed E-state index contributed by atoms with van der Waals surface area (Å²) in [5, 5.41) is 12.7. The van der Waals surface area contributed by atoms with Crippen molar-refractivity contribution in [2.75, 3.05) is 20.2 Å². The Hall–Kier alpha value is -5.15. The molecule has 0 heterocycles. The lowest BCUT2D eigenvalue weighted by molar-refractivity contribution is -0.149. The van der Waals surface area contributed by atoms with Crippen LogP contribution in [0.5, 0.6) is 11.5 Å². The summed E-state index contributed by atoms with van der Waals surface area (Å²) in [5.41, 5.74) is 3.65. The van der Waals surface area contributed by atoms with Crippen molar-refractivity contribution in [1.82, 2.24) is 10.2 Å². The molecule has 0 fully saturated rings. The summed E-state index contributed by atoms with van der Waals surface area (Å²) < 4.78 is 17.0. The van der Waals surface area contributed by atoms with Gasteiger partial charge < -0.3 is 29.5 Å². The number of benzene rings is 4. The normalized spacial score (nSPS) is 12.2. The van der Waals surface area contributed by atoms with Crippen molar-refractivity contribution >= 4 is 18.0 Å². The van der Waals surface area contributed by atoms with Gasteiger partial charge in [0, 0.05) is 13.0 Å². The lowest BCUT2D eigenvalue weighted by Crippen LogP contribution is -2.53. The number of aliphatic carboxylic acids is 1. The molecular formula is C37H40N2O7. The third kappa shape index (κ3) is 9.93. The van der Waals surface area contributed by atoms with Crippen LogP contribution >= 0.6 is 0 Å². The van der Waals surface area contributed by atoms with Gasteiger partial charge in [-0.05, 0) is 40.3 Å². The van der Waals surface area contributed by atoms with Crippen LogP contribution in [-0.4, -0.2) is 60.3 Å². The minimum absolute atomic E-state index is 0.0135. The molecule has 2 N–H and O–H groups in total. The highest BCUT2D eigenvalue weighted by molar-refractivity contribution is 5.84. The minimum Gasteiger partial charge on any atom is -0.493 e. The molecule has 4 rings (SSSR count). The van der Waals surface area contributed by atoms with Crippen LogP contribution in [0.2, 0.25) is 0 Å². The van der Waals surface area contributed by atoms with Crippen LogP contribution in [0.4, 0.5) is 4.79 Å². The predicted molar refractivity (Wildman–Crippen MR) is 176 cm³/mol. The fourth-order valence-electron chi connectivity index (χ4n) is 4.86. The molecule has 2 atom stereocenters. The highest BCUT2D eigenvalue weighted by Gasteiger charge is 2.30. The average Bonchev–Trinajstić information content (AvgIpc) is 3.07. The van der Waals surface area contributed by atoms with E-state index in [9.17, 15) is 19.5 Å². The Morgan fingerprint density at radius 2 is 1.33 bits per heavy atom. The van der Waals surface area contributed by atoms with Crippen molar-refractivity contribution in [2.45, 2.75) is 39.0 Å². The maximum Gasteiger partial charge on any atom is 0.342 e. The van der Waals surface area contributed by atoms with Gasteiger partial charge in [-0.3, -0.25) is 0 Å². The quantitative estimate of drug-likeness (QED) is 0.119. The fourth-order valence-corrected chi connectivity index (χ4v) is 4.86. The molecule has 0 saturated heterocycles. The van der Waals surface area contributed by atoms with E-state index in [1.807, 2.05) is 98.8 Å². The second kappa shape index (κ2) is 16.8. The molecule has 4 aromatic rings. The molecule has 240 valence electrons. The second-order valence-electron chi connectivity index (χ2n) is 11.3. The number of urea groups is 1. The first-order valence-electron chi connectivity index (χ1n) is 15.2. The zero-order valence-corrected chi connectivity index (χ0v) is 26.3. The van der Waals surface area contributed by atoms with E-state index in [2.05, 4.69) is 5.32 Å². The first-order valence-corrected chi connectivity index (χ1v) is 15.2. The Balaban J connectivity index is 1.50. The van der Waals surface area contributed by atoms with Gasteiger partial charge in [0.15, 0.2) is 17.6 Å². The molecule has 0 radical (unpaired) electrons. The Bertz CT molecular complexity index is 1560. The molecule has 46 heavy (non-hydrogen) atoms. The van der Waals surface area contributed by atoms with E-state index in [0.717, 1.165) is 22.3 Å². The van der Waals surface area contributed by atoms with Crippen LogP contribution in [0.1, 0.15) is 25.0 Å². The number of hydrogen-bond donors (Lipinski definition) is 2. The molecule has 9 nitrogen and oxygen atoms in total. The van der Waals surface area contributed by atoms with E-state index >= 15 is 0 Å². The summed E-state index contributed by atoms with van der Waals surface area (Å²) in [7, 11) is 1.47. The van der Waals surface area contributed by atoms with E-state index in [0.29, 0.717) is 5.75 Å². The number of ether oxygens (including phenoxy) is 3. The van der Waals surface area contributed by atoms with Gasteiger partial charge in [-0.25, -0.2) is 14.4 Å². The molecule has 9 heteroatoms. The van der Waals surface area contributed by atoms with Crippen LogP contribution in [-0.2, 0) is 27.4 Å². The molecule has 1 unspecified atom stereocenters. The van der Waals surface area contributed by atoms with Gasteiger partial charge in [0.1, 0.15) is 6.04 Å². The monoisotopic (exact) mass is 624 g/mol. The van der Waals surface area contributed by atoms with Crippen molar-refractivity contribution in [3.63, 3.8) is 0 Å². The lowest BCUT2D eigenvalue weighted by atomic mass is 10.0. The maximum absolute atomic E-state index is 13.6. The minimum atomic E-state index is -1.20. The molecule has 0 bridgehead atoms. The molecule has 0 aliphatic heterocycles. The van der Waals surface area contributed by atoms with Crippen molar-refractivity contribution in [3.05, 3.63) is 120 Å². The number of amides is 2. The Labute approximate surface area is 269 Å². The summed E-state index contributed by atoms with van der Waals surface area (Å²) >= 11 is 0. The maximum atomic E-state index is 13.6. The number of esters is 1. The molecule has 0 aromatic heterocycles. The third-order valence-electron chi connectivity index (χ3n) is 7.19. The smallest absolute Gasteiger partial charge is 0.342 e. The third-order valence-corrected chi connectivity index (χ3v) is 7.19. The number of carboxylic acid groups (broad SMARTS) is 1. The van der Waals surface area contributed by atoms with Crippen molar-refractivity contribution < 1.29 is 33.7 Å². The van der Waals surface area contributed by atoms with Crippen LogP contribution in [0.3, 0.4) is 0 Å². The summed E-state index contributed by atoms with van der Waals surface area (Å²) in [5.74, 6) is -1.28. The summed E-state index contributed by atoms with van der Waals surface area (Å²) in [4.78, 5) is 40.8. The second-order valence-corrected chi connectivity index (χ2v) is 11.3. The SMILES string of the molecule is COc1ccccc1OC(=O)C(CN(CC(C)C)C(=O)N[C@@H](Cc1ccc(-c2ccccc2)cc1)C(=O)O)OCc1ccccc1. The van der Waals surface area contributed by atoms with Crippen LogP contribution in [0.15, 0.2) is 109 Å². The van der Waals surface area contributed by atoms with E-state index in [-0.39, 0.29) is 37.8 Å². The number of carboxylic acids is 1. The Morgan fingerprint density at radius 1 is 0.739 bits per heavy atom. The number of carbonyl (C=O) groups excluding carboxylic acids is 2. The van der Waals surface area contributed by atoms with Gasteiger partial charge in [0.05, 0.1) is 20.3 Å². The average molecular weight is 625 g/mol. The van der Waals surface area contributed by atoms with Crippen LogP contribution < -0.4 is 14.8 Å². The van der Waals surface area contributed by atoms with Crippen LogP contribution in [0.25, 0.3) is 11.1 Å². The van der Waals surface area contributed by atoms with E-state index < -0.39 is 30.1 Å². The first-order chi connectivity index (χ1) is 22.2. The summed E-state index contributed by atoms with van der Waals surface area (Å²) in [6.07, 6.45) is -1.10. The highest BCUT2D eigenvalue weighted by atomic mass is 16.6. The van der Waals surface area contributed by atoms with Crippen molar-refractivity contribution in [1.29, 1.82) is 0 Å². The molecule has 2 amide bonds. The number of rotatable bonds is 15. The number of methoxy groups -OCH3 is 1. The fraction of sp³-hybridized carbons (Fsp3) is 0.270. The lowest BCUT2D eigenvalue weighted by Gasteiger charge is -2.29. The van der Waals surface area contributed by atoms with Crippen molar-refractivity contribution in [3.8, 4) is 22.6 Å².